The van der Waals surface area contributed by atoms with E-state index >= 15 is 0 Å². The molecule has 148 valence electrons. The number of sulfonamides is 1. The molecule has 1 aromatic rings. The van der Waals surface area contributed by atoms with Gasteiger partial charge in [-0.3, -0.25) is 14.4 Å². The number of aliphatic carboxylic acids is 1. The highest BCUT2D eigenvalue weighted by atomic mass is 32.2. The van der Waals surface area contributed by atoms with Gasteiger partial charge in [0.15, 0.2) is 0 Å². The second kappa shape index (κ2) is 8.46. The van der Waals surface area contributed by atoms with Gasteiger partial charge in [-0.1, -0.05) is 6.07 Å². The molecule has 0 aromatic heterocycles. The topological polar surface area (TPSA) is 147 Å². The van der Waals surface area contributed by atoms with Gasteiger partial charge in [0.1, 0.15) is 6.54 Å². The van der Waals surface area contributed by atoms with Crippen LogP contribution in [-0.2, 0) is 19.6 Å². The fraction of sp³-hybridized carbons (Fsp3) is 0.438. The molecule has 1 aliphatic rings. The Morgan fingerprint density at radius 3 is 2.59 bits per heavy atom. The van der Waals surface area contributed by atoms with Crippen molar-refractivity contribution < 1.29 is 32.6 Å². The van der Waals surface area contributed by atoms with Gasteiger partial charge in [-0.15, -0.1) is 0 Å². The van der Waals surface area contributed by atoms with E-state index in [0.29, 0.717) is 0 Å². The number of ether oxygens (including phenoxy) is 1. The number of nitrogens with two attached hydrogens (primary N) is 1. The number of amides is 2. The maximum absolute atomic E-state index is 12.7. The van der Waals surface area contributed by atoms with E-state index in [2.05, 4.69) is 0 Å². The highest BCUT2D eigenvalue weighted by Gasteiger charge is 2.30. The zero-order valence-corrected chi connectivity index (χ0v) is 15.5. The number of rotatable bonds is 7. The lowest BCUT2D eigenvalue weighted by Crippen LogP contribution is -2.51. The molecule has 0 aliphatic carbocycles. The molecule has 0 radical (unpaired) electrons. The van der Waals surface area contributed by atoms with Crippen molar-refractivity contribution in [1.82, 2.24) is 9.21 Å². The van der Waals surface area contributed by atoms with E-state index in [1.165, 1.54) is 17.0 Å². The Morgan fingerprint density at radius 1 is 1.33 bits per heavy atom. The first-order chi connectivity index (χ1) is 12.6. The maximum atomic E-state index is 12.7. The summed E-state index contributed by atoms with van der Waals surface area (Å²) in [7, 11) is -3.75. The molecule has 1 heterocycles. The Hall–Kier alpha value is -2.50. The van der Waals surface area contributed by atoms with Crippen LogP contribution in [-0.4, -0.2) is 85.7 Å². The van der Waals surface area contributed by atoms with Gasteiger partial charge in [0.2, 0.25) is 15.9 Å². The van der Waals surface area contributed by atoms with Crippen LogP contribution in [0.5, 0.6) is 0 Å². The van der Waals surface area contributed by atoms with E-state index in [0.717, 1.165) is 10.6 Å². The minimum Gasteiger partial charge on any atom is -0.480 e. The molecule has 0 spiro atoms. The van der Waals surface area contributed by atoms with Crippen molar-refractivity contribution in [3.05, 3.63) is 35.4 Å². The first-order valence-electron chi connectivity index (χ1n) is 8.05. The highest BCUT2D eigenvalue weighted by Crippen LogP contribution is 2.14. The Balaban J connectivity index is 2.10. The number of benzene rings is 1. The lowest BCUT2D eigenvalue weighted by atomic mass is 10.1. The predicted octanol–water partition coefficient (Wildman–Crippen LogP) is -1.03. The molecular weight excluding hydrogens is 378 g/mol. The summed E-state index contributed by atoms with van der Waals surface area (Å²) in [5.74, 6) is -2.29. The van der Waals surface area contributed by atoms with E-state index in [9.17, 15) is 22.8 Å². The third kappa shape index (κ3) is 5.74. The van der Waals surface area contributed by atoms with Gasteiger partial charge in [-0.2, -0.15) is 4.31 Å². The molecule has 27 heavy (non-hydrogen) atoms. The van der Waals surface area contributed by atoms with Crippen LogP contribution in [0, 0.1) is 0 Å². The third-order valence-electron chi connectivity index (χ3n) is 4.01. The predicted molar refractivity (Wildman–Crippen MR) is 94.7 cm³/mol. The quantitative estimate of drug-likeness (QED) is 0.596. The minimum atomic E-state index is -3.75. The van der Waals surface area contributed by atoms with Crippen molar-refractivity contribution in [2.75, 3.05) is 39.0 Å². The molecule has 2 rings (SSSR count). The second-order valence-electron chi connectivity index (χ2n) is 6.14. The zero-order chi connectivity index (χ0) is 20.2. The monoisotopic (exact) mass is 399 g/mol. The number of carbonyl (C=O) groups excluding carboxylic acids is 2. The zero-order valence-electron chi connectivity index (χ0n) is 14.7. The van der Waals surface area contributed by atoms with E-state index < -0.39 is 34.5 Å². The fourth-order valence-corrected chi connectivity index (χ4v) is 3.48. The van der Waals surface area contributed by atoms with E-state index in [1.54, 1.807) is 12.1 Å². The Bertz CT molecular complexity index is 840. The van der Waals surface area contributed by atoms with Crippen molar-refractivity contribution in [3.63, 3.8) is 0 Å². The molecule has 0 bridgehead atoms. The van der Waals surface area contributed by atoms with Gasteiger partial charge in [0.05, 0.1) is 19.0 Å². The SMILES string of the molecule is CS(=O)(=O)N(CC(=O)O)CC1CN(C(=O)c2cccc(C(N)=O)c2)CCO1. The lowest BCUT2D eigenvalue weighted by molar-refractivity contribution is -0.137. The van der Waals surface area contributed by atoms with Crippen LogP contribution in [0.15, 0.2) is 24.3 Å². The van der Waals surface area contributed by atoms with Gasteiger partial charge in [-0.25, -0.2) is 8.42 Å². The average molecular weight is 399 g/mol. The van der Waals surface area contributed by atoms with Gasteiger partial charge in [0, 0.05) is 30.8 Å². The number of carboxylic acid groups (broad SMARTS) is 1. The lowest BCUT2D eigenvalue weighted by Gasteiger charge is -2.35. The molecule has 11 heteroatoms. The summed E-state index contributed by atoms with van der Waals surface area (Å²) in [6.45, 7) is -0.320. The number of carbonyl (C=O) groups is 3. The van der Waals surface area contributed by atoms with Gasteiger partial charge >= 0.3 is 5.97 Å². The standard InChI is InChI=1S/C16H21N3O7S/c1-27(24,25)19(10-14(20)21)9-13-8-18(5-6-26-13)16(23)12-4-2-3-11(7-12)15(17)22/h2-4,7,13H,5-6,8-10H2,1H3,(H2,17,22)(H,20,21). The Labute approximate surface area is 156 Å². The van der Waals surface area contributed by atoms with Gasteiger partial charge in [-0.05, 0) is 18.2 Å². The highest BCUT2D eigenvalue weighted by molar-refractivity contribution is 7.88. The molecule has 0 saturated carbocycles. The molecule has 2 amide bonds. The summed E-state index contributed by atoms with van der Waals surface area (Å²) in [6.07, 6.45) is 0.243. The summed E-state index contributed by atoms with van der Waals surface area (Å²) in [5.41, 5.74) is 5.70. The molecule has 1 atom stereocenters. The summed E-state index contributed by atoms with van der Waals surface area (Å²) in [6, 6.07) is 5.98. The fourth-order valence-electron chi connectivity index (χ4n) is 2.70. The van der Waals surface area contributed by atoms with Crippen LogP contribution in [0.4, 0.5) is 0 Å². The number of morpholine rings is 1. The van der Waals surface area contributed by atoms with Gasteiger partial charge in [0.25, 0.3) is 5.91 Å². The van der Waals surface area contributed by atoms with Gasteiger partial charge < -0.3 is 20.5 Å². The number of carboxylic acids is 1. The molecule has 3 N–H and O–H groups in total. The first-order valence-corrected chi connectivity index (χ1v) is 9.90. The van der Waals surface area contributed by atoms with Crippen molar-refractivity contribution in [3.8, 4) is 0 Å². The van der Waals surface area contributed by atoms with Crippen LogP contribution < -0.4 is 5.73 Å². The van der Waals surface area contributed by atoms with Crippen molar-refractivity contribution in [2.24, 2.45) is 5.73 Å². The summed E-state index contributed by atoms with van der Waals surface area (Å²) < 4.78 is 29.8. The summed E-state index contributed by atoms with van der Waals surface area (Å²) in [5, 5.41) is 8.89. The Kier molecular flexibility index (Phi) is 6.52. The Morgan fingerprint density at radius 2 is 2.00 bits per heavy atom. The van der Waals surface area contributed by atoms with E-state index in [1.807, 2.05) is 0 Å². The summed E-state index contributed by atoms with van der Waals surface area (Å²) >= 11 is 0. The van der Waals surface area contributed by atoms with Crippen LogP contribution >= 0.6 is 0 Å². The summed E-state index contributed by atoms with van der Waals surface area (Å²) in [4.78, 5) is 36.3. The largest absolute Gasteiger partial charge is 0.480 e. The molecule has 1 saturated heterocycles. The molecular formula is C16H21N3O7S. The number of nitrogens with zero attached hydrogens (tertiary/aromatic N) is 2. The van der Waals surface area contributed by atoms with Crippen molar-refractivity contribution in [1.29, 1.82) is 0 Å². The molecule has 1 fully saturated rings. The average Bonchev–Trinajstić information content (AvgIpc) is 2.59. The normalized spacial score (nSPS) is 17.7. The minimum absolute atomic E-state index is 0.0886. The van der Waals surface area contributed by atoms with Crippen LogP contribution in [0.3, 0.4) is 0 Å². The van der Waals surface area contributed by atoms with Crippen molar-refractivity contribution in [2.45, 2.75) is 6.10 Å². The van der Waals surface area contributed by atoms with E-state index in [4.69, 9.17) is 15.6 Å². The number of hydrogen-bond acceptors (Lipinski definition) is 6. The number of hydrogen-bond donors (Lipinski definition) is 2. The van der Waals surface area contributed by atoms with Crippen LogP contribution in [0.25, 0.3) is 0 Å². The maximum Gasteiger partial charge on any atom is 0.318 e. The van der Waals surface area contributed by atoms with Crippen LogP contribution in [0.1, 0.15) is 20.7 Å². The smallest absolute Gasteiger partial charge is 0.318 e. The molecule has 1 aromatic carbocycles. The third-order valence-corrected chi connectivity index (χ3v) is 5.22. The molecule has 10 nitrogen and oxygen atoms in total. The first kappa shape index (κ1) is 20.8. The van der Waals surface area contributed by atoms with E-state index in [-0.39, 0.29) is 43.3 Å². The number of primary amides is 1. The van der Waals surface area contributed by atoms with Crippen molar-refractivity contribution >= 4 is 27.8 Å². The molecule has 1 unspecified atom stereocenters. The molecule has 1 aliphatic heterocycles. The van der Waals surface area contributed by atoms with Crippen LogP contribution in [0.2, 0.25) is 0 Å². The second-order valence-corrected chi connectivity index (χ2v) is 8.12.